The van der Waals surface area contributed by atoms with E-state index in [2.05, 4.69) is 75.7 Å². The van der Waals surface area contributed by atoms with Crippen molar-refractivity contribution in [2.75, 3.05) is 25.6 Å². The fraction of sp³-hybridized carbons (Fsp3) is 0.444. The van der Waals surface area contributed by atoms with Crippen LogP contribution in [0.15, 0.2) is 54.9 Å². The number of aromatic nitrogens is 5. The van der Waals surface area contributed by atoms with E-state index in [-0.39, 0.29) is 0 Å². The normalized spacial score (nSPS) is 22.9. The number of nitrogens with zero attached hydrogens (tertiary/aromatic N) is 6. The zero-order chi connectivity index (χ0) is 23.1. The molecule has 0 amide bonds. The summed E-state index contributed by atoms with van der Waals surface area (Å²) in [5.41, 5.74) is 4.56. The molecule has 7 heteroatoms. The first kappa shape index (κ1) is 21.9. The van der Waals surface area contributed by atoms with Crippen LogP contribution in [0.2, 0.25) is 0 Å². The number of fused-ring (bicyclic) bond motifs is 1. The largest absolute Gasteiger partial charge is 0.326 e. The van der Waals surface area contributed by atoms with Crippen molar-refractivity contribution in [1.29, 1.82) is 0 Å². The van der Waals surface area contributed by atoms with E-state index in [1.807, 2.05) is 24.2 Å². The molecule has 0 spiro atoms. The number of benzene rings is 2. The van der Waals surface area contributed by atoms with Crippen molar-refractivity contribution < 1.29 is 0 Å². The lowest BCUT2D eigenvalue weighted by Crippen LogP contribution is -2.25. The first-order valence-corrected chi connectivity index (χ1v) is 13.5. The molecule has 0 N–H and O–H groups in total. The van der Waals surface area contributed by atoms with Crippen LogP contribution in [0.3, 0.4) is 0 Å². The SMILES string of the molecule is CN(C)[C@@H]1CC[C@H](c2nc(-c3ccc(Cn4cnc5ccccc54)cc3)nn2C2CCSC2)C1. The summed E-state index contributed by atoms with van der Waals surface area (Å²) in [4.78, 5) is 12.0. The summed E-state index contributed by atoms with van der Waals surface area (Å²) in [6, 6.07) is 18.2. The molecule has 6 nitrogen and oxygen atoms in total. The minimum absolute atomic E-state index is 0.480. The topological polar surface area (TPSA) is 51.8 Å². The van der Waals surface area contributed by atoms with Crippen molar-refractivity contribution in [3.63, 3.8) is 0 Å². The van der Waals surface area contributed by atoms with Gasteiger partial charge in [0, 0.05) is 29.8 Å². The Morgan fingerprint density at radius 2 is 1.88 bits per heavy atom. The second-order valence-corrected chi connectivity index (χ2v) is 11.1. The van der Waals surface area contributed by atoms with E-state index in [0.717, 1.165) is 29.2 Å². The quantitative estimate of drug-likeness (QED) is 0.385. The maximum atomic E-state index is 5.16. The third kappa shape index (κ3) is 4.16. The molecule has 1 saturated carbocycles. The van der Waals surface area contributed by atoms with Crippen LogP contribution in [-0.4, -0.2) is 60.9 Å². The van der Waals surface area contributed by atoms with Crippen LogP contribution < -0.4 is 0 Å². The predicted octanol–water partition coefficient (Wildman–Crippen LogP) is 5.22. The number of hydrogen-bond acceptors (Lipinski definition) is 5. The van der Waals surface area contributed by atoms with Crippen molar-refractivity contribution in [3.05, 3.63) is 66.2 Å². The van der Waals surface area contributed by atoms with Gasteiger partial charge in [0.05, 0.1) is 23.4 Å². The molecule has 1 saturated heterocycles. The second kappa shape index (κ2) is 9.19. The van der Waals surface area contributed by atoms with Crippen LogP contribution in [0.4, 0.5) is 0 Å². The summed E-state index contributed by atoms with van der Waals surface area (Å²) in [5, 5.41) is 5.09. The lowest BCUT2D eigenvalue weighted by Gasteiger charge is -2.19. The molecule has 2 fully saturated rings. The highest BCUT2D eigenvalue weighted by Crippen LogP contribution is 2.39. The number of para-hydroxylation sites is 2. The third-order valence-electron chi connectivity index (χ3n) is 7.50. The van der Waals surface area contributed by atoms with E-state index in [1.54, 1.807) is 0 Å². The molecule has 2 aromatic carbocycles. The maximum absolute atomic E-state index is 5.16. The Bertz CT molecular complexity index is 1270. The highest BCUT2D eigenvalue weighted by Gasteiger charge is 2.33. The monoisotopic (exact) mass is 472 g/mol. The molecule has 1 aliphatic carbocycles. The molecular weight excluding hydrogens is 440 g/mol. The van der Waals surface area contributed by atoms with Crippen LogP contribution in [0, 0.1) is 0 Å². The zero-order valence-corrected chi connectivity index (χ0v) is 20.8. The number of rotatable bonds is 6. The van der Waals surface area contributed by atoms with Gasteiger partial charge in [0.1, 0.15) is 5.82 Å². The molecular formula is C27H32N6S. The Hall–Kier alpha value is -2.64. The number of imidazole rings is 1. The Kier molecular flexibility index (Phi) is 5.91. The average Bonchev–Trinajstić information content (AvgIpc) is 3.65. The van der Waals surface area contributed by atoms with E-state index in [1.165, 1.54) is 48.3 Å². The van der Waals surface area contributed by atoms with E-state index < -0.39 is 0 Å². The van der Waals surface area contributed by atoms with E-state index in [4.69, 9.17) is 10.1 Å². The Balaban J connectivity index is 1.26. The molecule has 2 aliphatic rings. The lowest BCUT2D eigenvalue weighted by atomic mass is 10.1. The maximum Gasteiger partial charge on any atom is 0.181 e. The smallest absolute Gasteiger partial charge is 0.181 e. The fourth-order valence-corrected chi connectivity index (χ4v) is 6.66. The van der Waals surface area contributed by atoms with Gasteiger partial charge in [-0.1, -0.05) is 36.4 Å². The van der Waals surface area contributed by atoms with Gasteiger partial charge in [-0.3, -0.25) is 0 Å². The molecule has 0 radical (unpaired) electrons. The first-order valence-electron chi connectivity index (χ1n) is 12.4. The molecule has 6 rings (SSSR count). The first-order chi connectivity index (χ1) is 16.7. The lowest BCUT2D eigenvalue weighted by molar-refractivity contribution is 0.295. The van der Waals surface area contributed by atoms with E-state index in [9.17, 15) is 0 Å². The van der Waals surface area contributed by atoms with Gasteiger partial charge < -0.3 is 9.47 Å². The van der Waals surface area contributed by atoms with Crippen molar-refractivity contribution in [2.45, 2.75) is 50.2 Å². The molecule has 0 bridgehead atoms. The Morgan fingerprint density at radius 3 is 2.65 bits per heavy atom. The molecule has 176 valence electrons. The van der Waals surface area contributed by atoms with Gasteiger partial charge in [-0.05, 0) is 63.2 Å². The van der Waals surface area contributed by atoms with Gasteiger partial charge >= 0.3 is 0 Å². The van der Waals surface area contributed by atoms with Crippen molar-refractivity contribution in [2.24, 2.45) is 0 Å². The zero-order valence-electron chi connectivity index (χ0n) is 20.0. The van der Waals surface area contributed by atoms with Gasteiger partial charge in [-0.15, -0.1) is 0 Å². The van der Waals surface area contributed by atoms with Crippen molar-refractivity contribution in [3.8, 4) is 11.4 Å². The van der Waals surface area contributed by atoms with Gasteiger partial charge in [-0.2, -0.15) is 16.9 Å². The molecule has 1 unspecified atom stereocenters. The summed E-state index contributed by atoms with van der Waals surface area (Å²) in [6.45, 7) is 0.807. The Labute approximate surface area is 205 Å². The van der Waals surface area contributed by atoms with Crippen molar-refractivity contribution in [1.82, 2.24) is 29.2 Å². The summed E-state index contributed by atoms with van der Waals surface area (Å²) in [6.07, 6.45) is 6.76. The molecule has 3 heterocycles. The number of hydrogen-bond donors (Lipinski definition) is 0. The summed E-state index contributed by atoms with van der Waals surface area (Å²) in [5.74, 6) is 4.97. The van der Waals surface area contributed by atoms with Crippen LogP contribution in [0.25, 0.3) is 22.4 Å². The summed E-state index contributed by atoms with van der Waals surface area (Å²) >= 11 is 2.04. The Morgan fingerprint density at radius 1 is 1.03 bits per heavy atom. The van der Waals surface area contributed by atoms with E-state index >= 15 is 0 Å². The molecule has 4 aromatic rings. The summed E-state index contributed by atoms with van der Waals surface area (Å²) < 4.78 is 4.50. The predicted molar refractivity (Wildman–Crippen MR) is 139 cm³/mol. The van der Waals surface area contributed by atoms with Gasteiger partial charge in [0.25, 0.3) is 0 Å². The van der Waals surface area contributed by atoms with Gasteiger partial charge in [0.15, 0.2) is 5.82 Å². The minimum atomic E-state index is 0.480. The minimum Gasteiger partial charge on any atom is -0.326 e. The molecule has 2 aromatic heterocycles. The highest BCUT2D eigenvalue weighted by atomic mass is 32.2. The molecule has 1 aliphatic heterocycles. The van der Waals surface area contributed by atoms with Gasteiger partial charge in [-0.25, -0.2) is 14.6 Å². The number of thioether (sulfide) groups is 1. The van der Waals surface area contributed by atoms with Gasteiger partial charge in [0.2, 0.25) is 0 Å². The molecule has 34 heavy (non-hydrogen) atoms. The van der Waals surface area contributed by atoms with Crippen LogP contribution >= 0.6 is 11.8 Å². The van der Waals surface area contributed by atoms with Crippen molar-refractivity contribution >= 4 is 22.8 Å². The average molecular weight is 473 g/mol. The van der Waals surface area contributed by atoms with E-state index in [0.29, 0.717) is 18.0 Å². The standard InChI is InChI=1S/C27H32N6S/c1-31(2)22-12-11-21(15-22)27-29-26(30-33(27)23-13-14-34-17-23)20-9-7-19(8-10-20)16-32-18-28-24-5-3-4-6-25(24)32/h3-10,18,21-23H,11-17H2,1-2H3/t21-,22+,23?/m0/s1. The second-order valence-electron chi connectivity index (χ2n) is 9.94. The van der Waals surface area contributed by atoms with Crippen LogP contribution in [0.5, 0.6) is 0 Å². The fourth-order valence-electron chi connectivity index (χ4n) is 5.47. The summed E-state index contributed by atoms with van der Waals surface area (Å²) in [7, 11) is 4.40. The molecule has 3 atom stereocenters. The third-order valence-corrected chi connectivity index (χ3v) is 8.65. The highest BCUT2D eigenvalue weighted by molar-refractivity contribution is 7.99. The van der Waals surface area contributed by atoms with Crippen LogP contribution in [-0.2, 0) is 6.54 Å². The van der Waals surface area contributed by atoms with Crippen LogP contribution in [0.1, 0.15) is 49.0 Å².